The van der Waals surface area contributed by atoms with Crippen molar-refractivity contribution >= 4 is 35.3 Å². The number of amides is 4. The third-order valence-electron chi connectivity index (χ3n) is 4.39. The molecule has 0 aliphatic carbocycles. The molecule has 2 N–H and O–H groups in total. The molecule has 0 unspecified atom stereocenters. The first-order valence-electron chi connectivity index (χ1n) is 9.55. The predicted octanol–water partition coefficient (Wildman–Crippen LogP) is 2.76. The van der Waals surface area contributed by atoms with E-state index in [2.05, 4.69) is 5.32 Å². The number of phenolic OH excluding ortho intramolecular Hbond substituents is 1. The summed E-state index contributed by atoms with van der Waals surface area (Å²) in [6, 6.07) is 7.39. The van der Waals surface area contributed by atoms with Gasteiger partial charge in [-0.1, -0.05) is 0 Å². The van der Waals surface area contributed by atoms with Crippen molar-refractivity contribution in [2.24, 2.45) is 0 Å². The second-order valence-corrected chi connectivity index (χ2v) is 6.46. The Morgan fingerprint density at radius 1 is 1.09 bits per heavy atom. The molecule has 4 amide bonds. The molecule has 0 radical (unpaired) electrons. The lowest BCUT2D eigenvalue weighted by atomic mass is 10.1. The molecule has 11 nitrogen and oxygen atoms in total. The van der Waals surface area contributed by atoms with Crippen molar-refractivity contribution in [3.63, 3.8) is 0 Å². The van der Waals surface area contributed by atoms with E-state index in [0.29, 0.717) is 12.4 Å². The average molecular weight is 441 g/mol. The van der Waals surface area contributed by atoms with Crippen LogP contribution in [0.1, 0.15) is 19.4 Å². The zero-order chi connectivity index (χ0) is 23.4. The van der Waals surface area contributed by atoms with Crippen LogP contribution in [-0.2, 0) is 9.59 Å². The number of hydrogen-bond acceptors (Lipinski definition) is 8. The Labute approximate surface area is 182 Å². The highest BCUT2D eigenvalue weighted by molar-refractivity contribution is 6.39. The number of aromatic hydroxyl groups is 1. The molecular formula is C21H19N3O8. The van der Waals surface area contributed by atoms with E-state index in [1.54, 1.807) is 19.1 Å². The molecule has 11 heteroatoms. The van der Waals surface area contributed by atoms with E-state index >= 15 is 0 Å². The summed E-state index contributed by atoms with van der Waals surface area (Å²) in [7, 11) is 0. The van der Waals surface area contributed by atoms with Gasteiger partial charge in [0.15, 0.2) is 5.75 Å². The van der Waals surface area contributed by atoms with E-state index in [0.717, 1.165) is 17.0 Å². The van der Waals surface area contributed by atoms with Gasteiger partial charge < -0.3 is 14.6 Å². The molecule has 1 saturated heterocycles. The number of nitro benzene ring substituents is 1. The van der Waals surface area contributed by atoms with Crippen molar-refractivity contribution in [2.45, 2.75) is 13.8 Å². The van der Waals surface area contributed by atoms with Gasteiger partial charge in [0.2, 0.25) is 5.75 Å². The standard InChI is InChI=1S/C21H19N3O8/c1-3-31-14-7-5-13(6-8-14)23-20(27)15(19(26)22-21(23)28)9-12-10-16(24(29)30)18(25)17(11-12)32-4-2/h5-11,25H,3-4H2,1-2H3,(H,22,26,28)/b15-9-. The number of nitrogens with zero attached hydrogens (tertiary/aromatic N) is 2. The molecule has 0 atom stereocenters. The number of rotatable bonds is 7. The highest BCUT2D eigenvalue weighted by Crippen LogP contribution is 2.38. The Kier molecular flexibility index (Phi) is 6.38. The van der Waals surface area contributed by atoms with Crippen molar-refractivity contribution < 1.29 is 33.9 Å². The van der Waals surface area contributed by atoms with Crippen LogP contribution >= 0.6 is 0 Å². The maximum absolute atomic E-state index is 13.0. The topological polar surface area (TPSA) is 148 Å². The largest absolute Gasteiger partial charge is 0.500 e. The maximum Gasteiger partial charge on any atom is 0.335 e. The van der Waals surface area contributed by atoms with Crippen LogP contribution in [0.15, 0.2) is 42.0 Å². The van der Waals surface area contributed by atoms with Crippen molar-refractivity contribution in [3.8, 4) is 17.2 Å². The van der Waals surface area contributed by atoms with Crippen LogP contribution in [0.25, 0.3) is 6.08 Å². The van der Waals surface area contributed by atoms with Crippen LogP contribution in [0.2, 0.25) is 0 Å². The van der Waals surface area contributed by atoms with Gasteiger partial charge in [0, 0.05) is 6.07 Å². The van der Waals surface area contributed by atoms with E-state index in [4.69, 9.17) is 9.47 Å². The van der Waals surface area contributed by atoms with Gasteiger partial charge in [-0.3, -0.25) is 25.0 Å². The monoisotopic (exact) mass is 441 g/mol. The molecule has 0 spiro atoms. The van der Waals surface area contributed by atoms with Crippen LogP contribution in [0.4, 0.5) is 16.2 Å². The minimum Gasteiger partial charge on any atom is -0.500 e. The average Bonchev–Trinajstić information content (AvgIpc) is 2.74. The van der Waals surface area contributed by atoms with E-state index < -0.39 is 39.8 Å². The lowest BCUT2D eigenvalue weighted by Crippen LogP contribution is -2.54. The Bertz CT molecular complexity index is 1120. The Hall–Kier alpha value is -4.41. The first-order valence-corrected chi connectivity index (χ1v) is 9.55. The Balaban J connectivity index is 2.03. The van der Waals surface area contributed by atoms with Gasteiger partial charge in [-0.25, -0.2) is 9.69 Å². The quantitative estimate of drug-likeness (QED) is 0.288. The second-order valence-electron chi connectivity index (χ2n) is 6.46. The molecule has 1 fully saturated rings. The molecular weight excluding hydrogens is 422 g/mol. The fraction of sp³-hybridized carbons (Fsp3) is 0.190. The summed E-state index contributed by atoms with van der Waals surface area (Å²) in [5, 5.41) is 23.3. The number of hydrogen-bond donors (Lipinski definition) is 2. The van der Waals surface area contributed by atoms with Crippen LogP contribution in [0.3, 0.4) is 0 Å². The Morgan fingerprint density at radius 2 is 1.75 bits per heavy atom. The molecule has 0 bridgehead atoms. The summed E-state index contributed by atoms with van der Waals surface area (Å²) in [5.74, 6) is -2.21. The lowest BCUT2D eigenvalue weighted by molar-refractivity contribution is -0.386. The highest BCUT2D eigenvalue weighted by atomic mass is 16.6. The summed E-state index contributed by atoms with van der Waals surface area (Å²) in [5.41, 5.74) is -0.842. The highest BCUT2D eigenvalue weighted by Gasteiger charge is 2.37. The molecule has 0 aromatic heterocycles. The number of barbiturate groups is 1. The summed E-state index contributed by atoms with van der Waals surface area (Å²) < 4.78 is 10.5. The van der Waals surface area contributed by atoms with Crippen molar-refractivity contribution in [2.75, 3.05) is 18.1 Å². The van der Waals surface area contributed by atoms with Crippen molar-refractivity contribution in [1.29, 1.82) is 0 Å². The Morgan fingerprint density at radius 3 is 2.34 bits per heavy atom. The first-order chi connectivity index (χ1) is 15.3. The number of urea groups is 1. The summed E-state index contributed by atoms with van der Waals surface area (Å²) in [4.78, 5) is 48.9. The minimum absolute atomic E-state index is 0.0532. The number of carbonyl (C=O) groups is 3. The number of benzene rings is 2. The molecule has 2 aromatic carbocycles. The van der Waals surface area contributed by atoms with E-state index in [1.807, 2.05) is 6.92 Å². The van der Waals surface area contributed by atoms with Gasteiger partial charge in [0.1, 0.15) is 11.3 Å². The zero-order valence-electron chi connectivity index (χ0n) is 17.2. The third-order valence-corrected chi connectivity index (χ3v) is 4.39. The molecule has 1 aliphatic heterocycles. The van der Waals surface area contributed by atoms with Gasteiger partial charge in [0.25, 0.3) is 11.8 Å². The number of anilines is 1. The summed E-state index contributed by atoms with van der Waals surface area (Å²) in [6.45, 7) is 3.98. The van der Waals surface area contributed by atoms with E-state index in [1.165, 1.54) is 18.2 Å². The van der Waals surface area contributed by atoms with E-state index in [-0.39, 0.29) is 23.6 Å². The lowest BCUT2D eigenvalue weighted by Gasteiger charge is -2.26. The van der Waals surface area contributed by atoms with Crippen LogP contribution in [-0.4, -0.2) is 41.1 Å². The number of carbonyl (C=O) groups excluding carboxylic acids is 3. The summed E-state index contributed by atoms with van der Waals surface area (Å²) in [6.07, 6.45) is 1.08. The van der Waals surface area contributed by atoms with Crippen LogP contribution < -0.4 is 19.7 Å². The van der Waals surface area contributed by atoms with Gasteiger partial charge >= 0.3 is 11.7 Å². The zero-order valence-corrected chi connectivity index (χ0v) is 17.2. The fourth-order valence-electron chi connectivity index (χ4n) is 3.02. The van der Waals surface area contributed by atoms with Gasteiger partial charge in [-0.2, -0.15) is 0 Å². The number of nitrogens with one attached hydrogen (secondary N) is 1. The molecule has 1 aliphatic rings. The molecule has 0 saturated carbocycles. The number of ether oxygens (including phenoxy) is 2. The SMILES string of the molecule is CCOc1ccc(N2C(=O)NC(=O)/C(=C/c3cc(OCC)c(O)c([N+](=O)[O-])c3)C2=O)cc1. The number of nitro groups is 1. The number of imide groups is 2. The molecule has 166 valence electrons. The third kappa shape index (κ3) is 4.36. The summed E-state index contributed by atoms with van der Waals surface area (Å²) >= 11 is 0. The minimum atomic E-state index is -0.962. The van der Waals surface area contributed by atoms with Crippen molar-refractivity contribution in [3.05, 3.63) is 57.6 Å². The number of phenols is 1. The molecule has 2 aromatic rings. The second kappa shape index (κ2) is 9.16. The predicted molar refractivity (Wildman–Crippen MR) is 113 cm³/mol. The van der Waals surface area contributed by atoms with E-state index in [9.17, 15) is 29.6 Å². The molecule has 3 rings (SSSR count). The molecule has 1 heterocycles. The normalized spacial score (nSPS) is 15.0. The van der Waals surface area contributed by atoms with Gasteiger partial charge in [-0.05, 0) is 55.8 Å². The van der Waals surface area contributed by atoms with Gasteiger partial charge in [0.05, 0.1) is 23.8 Å². The van der Waals surface area contributed by atoms with Gasteiger partial charge in [-0.15, -0.1) is 0 Å². The first kappa shape index (κ1) is 22.3. The van der Waals surface area contributed by atoms with Crippen LogP contribution in [0, 0.1) is 10.1 Å². The molecule has 32 heavy (non-hydrogen) atoms. The maximum atomic E-state index is 13.0. The fourth-order valence-corrected chi connectivity index (χ4v) is 3.02. The van der Waals surface area contributed by atoms with Crippen molar-refractivity contribution in [1.82, 2.24) is 5.32 Å². The van der Waals surface area contributed by atoms with Crippen LogP contribution in [0.5, 0.6) is 17.2 Å². The smallest absolute Gasteiger partial charge is 0.335 e.